The maximum Gasteiger partial charge on any atom is 0.255 e. The number of fused-ring (bicyclic) bond motifs is 1. The Morgan fingerprint density at radius 2 is 1.88 bits per heavy atom. The van der Waals surface area contributed by atoms with Gasteiger partial charge in [-0.3, -0.25) is 9.59 Å². The molecular weight excluding hydrogens is 488 g/mol. The maximum absolute atomic E-state index is 12.8. The van der Waals surface area contributed by atoms with Crippen LogP contribution in [0.5, 0.6) is 0 Å². The highest BCUT2D eigenvalue weighted by Crippen LogP contribution is 2.26. The Labute approximate surface area is 195 Å². The van der Waals surface area contributed by atoms with Gasteiger partial charge in [0.15, 0.2) is 5.65 Å². The van der Waals surface area contributed by atoms with Gasteiger partial charge in [-0.15, -0.1) is 11.3 Å². The molecule has 1 amide bonds. The number of aromatic nitrogens is 3. The van der Waals surface area contributed by atoms with E-state index in [1.54, 1.807) is 35.1 Å². The first-order chi connectivity index (χ1) is 15.6. The van der Waals surface area contributed by atoms with Crippen molar-refractivity contribution in [1.82, 2.24) is 14.6 Å². The molecule has 32 heavy (non-hydrogen) atoms. The summed E-state index contributed by atoms with van der Waals surface area (Å²) in [6.45, 7) is 0. The molecule has 0 radical (unpaired) electrons. The number of benzene rings is 2. The molecule has 3 aromatic heterocycles. The molecule has 0 saturated carbocycles. The van der Waals surface area contributed by atoms with Crippen LogP contribution in [0.2, 0.25) is 0 Å². The minimum atomic E-state index is -0.203. The SMILES string of the molecule is O=C(Nc1cccc(-c2ccnc3c(C(=O)c4cccs4)cnn23)c1)c1cccc(Br)c1. The number of carbonyl (C=O) groups excluding carboxylic acids is 2. The van der Waals surface area contributed by atoms with Crippen molar-refractivity contribution >= 4 is 50.3 Å². The predicted molar refractivity (Wildman–Crippen MR) is 128 cm³/mol. The summed E-state index contributed by atoms with van der Waals surface area (Å²) in [5.74, 6) is -0.305. The van der Waals surface area contributed by atoms with Gasteiger partial charge in [0.2, 0.25) is 5.78 Å². The molecule has 0 bridgehead atoms. The number of amides is 1. The largest absolute Gasteiger partial charge is 0.322 e. The van der Waals surface area contributed by atoms with Crippen molar-refractivity contribution in [2.75, 3.05) is 5.32 Å². The fraction of sp³-hybridized carbons (Fsp3) is 0. The molecular formula is C24H15BrN4O2S. The lowest BCUT2D eigenvalue weighted by Gasteiger charge is -2.09. The molecule has 0 spiro atoms. The second kappa shape index (κ2) is 8.49. The lowest BCUT2D eigenvalue weighted by atomic mass is 10.1. The van der Waals surface area contributed by atoms with Crippen molar-refractivity contribution in [3.63, 3.8) is 0 Å². The third-order valence-corrected chi connectivity index (χ3v) is 6.26. The Morgan fingerprint density at radius 1 is 1.00 bits per heavy atom. The molecule has 0 unspecified atom stereocenters. The van der Waals surface area contributed by atoms with Gasteiger partial charge < -0.3 is 5.32 Å². The fourth-order valence-electron chi connectivity index (χ4n) is 3.40. The Morgan fingerprint density at radius 3 is 2.69 bits per heavy atom. The summed E-state index contributed by atoms with van der Waals surface area (Å²) in [5, 5.41) is 9.21. The zero-order chi connectivity index (χ0) is 22.1. The molecule has 1 N–H and O–H groups in total. The Bertz CT molecular complexity index is 1460. The summed E-state index contributed by atoms with van der Waals surface area (Å²) in [6, 6.07) is 20.1. The molecule has 0 fully saturated rings. The summed E-state index contributed by atoms with van der Waals surface area (Å²) in [7, 11) is 0. The van der Waals surface area contributed by atoms with Crippen LogP contribution >= 0.6 is 27.3 Å². The number of rotatable bonds is 5. The van der Waals surface area contributed by atoms with Gasteiger partial charge in [-0.1, -0.05) is 40.2 Å². The van der Waals surface area contributed by atoms with E-state index in [2.05, 4.69) is 31.3 Å². The number of nitrogens with zero attached hydrogens (tertiary/aromatic N) is 3. The monoisotopic (exact) mass is 502 g/mol. The minimum absolute atomic E-state index is 0.102. The van der Waals surface area contributed by atoms with Crippen LogP contribution in [0, 0.1) is 0 Å². The summed E-state index contributed by atoms with van der Waals surface area (Å²) in [4.78, 5) is 30.5. The van der Waals surface area contributed by atoms with E-state index < -0.39 is 0 Å². The molecule has 2 aromatic carbocycles. The van der Waals surface area contributed by atoms with Gasteiger partial charge in [0.1, 0.15) is 0 Å². The van der Waals surface area contributed by atoms with E-state index in [1.807, 2.05) is 53.9 Å². The highest BCUT2D eigenvalue weighted by atomic mass is 79.9. The van der Waals surface area contributed by atoms with Crippen LogP contribution < -0.4 is 5.32 Å². The highest BCUT2D eigenvalue weighted by molar-refractivity contribution is 9.10. The molecule has 3 heterocycles. The molecule has 0 saturated heterocycles. The number of halogens is 1. The fourth-order valence-corrected chi connectivity index (χ4v) is 4.48. The van der Waals surface area contributed by atoms with Crippen LogP contribution in [0.15, 0.2) is 89.0 Å². The van der Waals surface area contributed by atoms with Crippen LogP contribution in [0.3, 0.4) is 0 Å². The van der Waals surface area contributed by atoms with Crippen LogP contribution in [0.1, 0.15) is 25.6 Å². The summed E-state index contributed by atoms with van der Waals surface area (Å²) >= 11 is 4.77. The van der Waals surface area contributed by atoms with Gasteiger partial charge in [0, 0.05) is 27.5 Å². The number of ketones is 1. The zero-order valence-corrected chi connectivity index (χ0v) is 18.9. The average Bonchev–Trinajstić information content (AvgIpc) is 3.49. The summed E-state index contributed by atoms with van der Waals surface area (Å²) < 4.78 is 2.49. The summed E-state index contributed by atoms with van der Waals surface area (Å²) in [5.41, 5.74) is 3.75. The smallest absolute Gasteiger partial charge is 0.255 e. The van der Waals surface area contributed by atoms with E-state index in [0.717, 1.165) is 15.7 Å². The van der Waals surface area contributed by atoms with Crippen LogP contribution in [-0.2, 0) is 0 Å². The molecule has 5 rings (SSSR count). The number of anilines is 1. The molecule has 6 nitrogen and oxygen atoms in total. The van der Waals surface area contributed by atoms with Gasteiger partial charge in [-0.2, -0.15) is 5.10 Å². The van der Waals surface area contributed by atoms with Crippen LogP contribution in [-0.4, -0.2) is 26.3 Å². The lowest BCUT2D eigenvalue weighted by Crippen LogP contribution is -2.11. The number of thiophene rings is 1. The standard InChI is InChI=1S/C24H15BrN4O2S/c25-17-6-1-5-16(12-17)24(31)28-18-7-2-4-15(13-18)20-9-10-26-23-19(14-27-29(20)23)22(30)21-8-3-11-32-21/h1-14H,(H,28,31). The normalized spacial score (nSPS) is 10.9. The van der Waals surface area contributed by atoms with E-state index in [1.165, 1.54) is 11.3 Å². The van der Waals surface area contributed by atoms with Crippen molar-refractivity contribution in [2.24, 2.45) is 0 Å². The second-order valence-electron chi connectivity index (χ2n) is 6.98. The molecule has 0 atom stereocenters. The molecule has 0 aliphatic carbocycles. The van der Waals surface area contributed by atoms with E-state index in [0.29, 0.717) is 27.3 Å². The first-order valence-electron chi connectivity index (χ1n) is 9.68. The lowest BCUT2D eigenvalue weighted by molar-refractivity contribution is 0.102. The van der Waals surface area contributed by atoms with Gasteiger partial charge in [-0.25, -0.2) is 9.50 Å². The van der Waals surface area contributed by atoms with Crippen molar-refractivity contribution in [2.45, 2.75) is 0 Å². The Kier molecular flexibility index (Phi) is 5.38. The van der Waals surface area contributed by atoms with Crippen LogP contribution in [0.25, 0.3) is 16.9 Å². The second-order valence-corrected chi connectivity index (χ2v) is 8.84. The molecule has 0 aliphatic heterocycles. The third-order valence-electron chi connectivity index (χ3n) is 4.89. The zero-order valence-electron chi connectivity index (χ0n) is 16.5. The van der Waals surface area contributed by atoms with E-state index in [4.69, 9.17) is 0 Å². The van der Waals surface area contributed by atoms with Gasteiger partial charge in [-0.05, 0) is 47.8 Å². The summed E-state index contributed by atoms with van der Waals surface area (Å²) in [6.07, 6.45) is 3.21. The molecule has 156 valence electrons. The van der Waals surface area contributed by atoms with Crippen LogP contribution in [0.4, 0.5) is 5.69 Å². The van der Waals surface area contributed by atoms with Crippen molar-refractivity contribution in [3.8, 4) is 11.3 Å². The topological polar surface area (TPSA) is 76.4 Å². The van der Waals surface area contributed by atoms with Crippen molar-refractivity contribution in [3.05, 3.63) is 105 Å². The molecule has 0 aliphatic rings. The first kappa shape index (κ1) is 20.3. The number of hydrogen-bond donors (Lipinski definition) is 1. The van der Waals surface area contributed by atoms with Gasteiger partial charge in [0.05, 0.1) is 22.3 Å². The number of nitrogens with one attached hydrogen (secondary N) is 1. The highest BCUT2D eigenvalue weighted by Gasteiger charge is 2.18. The Hall–Kier alpha value is -3.62. The van der Waals surface area contributed by atoms with E-state index in [-0.39, 0.29) is 11.7 Å². The third kappa shape index (κ3) is 3.86. The predicted octanol–water partition coefficient (Wildman–Crippen LogP) is 5.70. The number of carbonyl (C=O) groups is 2. The minimum Gasteiger partial charge on any atom is -0.322 e. The quantitative estimate of drug-likeness (QED) is 0.312. The van der Waals surface area contributed by atoms with Crippen molar-refractivity contribution < 1.29 is 9.59 Å². The van der Waals surface area contributed by atoms with Gasteiger partial charge >= 0.3 is 0 Å². The molecule has 8 heteroatoms. The van der Waals surface area contributed by atoms with Crippen molar-refractivity contribution in [1.29, 1.82) is 0 Å². The average molecular weight is 503 g/mol. The van der Waals surface area contributed by atoms with E-state index >= 15 is 0 Å². The number of hydrogen-bond acceptors (Lipinski definition) is 5. The first-order valence-corrected chi connectivity index (χ1v) is 11.4. The van der Waals surface area contributed by atoms with E-state index in [9.17, 15) is 9.59 Å². The maximum atomic E-state index is 12.8. The Balaban J connectivity index is 1.48. The molecule has 5 aromatic rings. The van der Waals surface area contributed by atoms with Gasteiger partial charge in [0.25, 0.3) is 5.91 Å².